The van der Waals surface area contributed by atoms with Gasteiger partial charge in [-0.15, -0.1) is 0 Å². The SMILES string of the molecule is CN1C(=O)OCC1(c1ccc(-c2ccccc2)cc1)C(F)(F)F. The first-order chi connectivity index (χ1) is 10.9. The van der Waals surface area contributed by atoms with Crippen LogP contribution in [0.5, 0.6) is 0 Å². The molecule has 0 aliphatic carbocycles. The van der Waals surface area contributed by atoms with Gasteiger partial charge in [0.15, 0.2) is 0 Å². The van der Waals surface area contributed by atoms with Gasteiger partial charge < -0.3 is 4.74 Å². The molecule has 1 amide bonds. The Hall–Kier alpha value is -2.50. The maximum absolute atomic E-state index is 13.7. The highest BCUT2D eigenvalue weighted by Crippen LogP contribution is 2.47. The number of carbonyl (C=O) groups is 1. The molecule has 1 atom stereocenters. The lowest BCUT2D eigenvalue weighted by Gasteiger charge is -2.35. The summed E-state index contributed by atoms with van der Waals surface area (Å²) in [5.41, 5.74) is -0.746. The van der Waals surface area contributed by atoms with E-state index in [4.69, 9.17) is 0 Å². The highest BCUT2D eigenvalue weighted by atomic mass is 19.4. The van der Waals surface area contributed by atoms with Crippen LogP contribution in [0.2, 0.25) is 0 Å². The summed E-state index contributed by atoms with van der Waals surface area (Å²) >= 11 is 0. The monoisotopic (exact) mass is 321 g/mol. The van der Waals surface area contributed by atoms with Crippen molar-refractivity contribution in [3.05, 3.63) is 60.2 Å². The molecule has 23 heavy (non-hydrogen) atoms. The molecule has 6 heteroatoms. The number of ether oxygens (including phenoxy) is 1. The summed E-state index contributed by atoms with van der Waals surface area (Å²) in [4.78, 5) is 12.1. The second-order valence-electron chi connectivity index (χ2n) is 5.42. The highest BCUT2D eigenvalue weighted by Gasteiger charge is 2.64. The number of halogens is 3. The molecule has 0 spiro atoms. The number of alkyl halides is 3. The number of likely N-dealkylation sites (N-methyl/N-ethyl adjacent to an activating group) is 1. The van der Waals surface area contributed by atoms with Gasteiger partial charge in [0.1, 0.15) is 6.61 Å². The van der Waals surface area contributed by atoms with Crippen LogP contribution in [0.3, 0.4) is 0 Å². The number of carbonyl (C=O) groups excluding carboxylic acids is 1. The molecule has 1 fully saturated rings. The Balaban J connectivity index is 2.04. The fraction of sp³-hybridized carbons (Fsp3) is 0.235. The van der Waals surface area contributed by atoms with Gasteiger partial charge in [-0.05, 0) is 16.7 Å². The summed E-state index contributed by atoms with van der Waals surface area (Å²) in [7, 11) is 1.11. The third-order valence-corrected chi connectivity index (χ3v) is 4.19. The zero-order valence-corrected chi connectivity index (χ0v) is 12.3. The Labute approximate surface area is 131 Å². The molecule has 0 N–H and O–H groups in total. The van der Waals surface area contributed by atoms with Crippen LogP contribution in [0.1, 0.15) is 5.56 Å². The minimum Gasteiger partial charge on any atom is -0.446 e. The summed E-state index contributed by atoms with van der Waals surface area (Å²) in [5, 5.41) is 0. The molecule has 0 bridgehead atoms. The maximum Gasteiger partial charge on any atom is 0.419 e. The Morgan fingerprint density at radius 3 is 2.04 bits per heavy atom. The van der Waals surface area contributed by atoms with Gasteiger partial charge in [0.25, 0.3) is 0 Å². The molecule has 0 radical (unpaired) electrons. The van der Waals surface area contributed by atoms with Gasteiger partial charge in [-0.2, -0.15) is 13.2 Å². The van der Waals surface area contributed by atoms with Gasteiger partial charge in [-0.3, -0.25) is 4.90 Å². The summed E-state index contributed by atoms with van der Waals surface area (Å²) in [6.07, 6.45) is -5.61. The first kappa shape index (κ1) is 15.4. The molecule has 2 aromatic carbocycles. The smallest absolute Gasteiger partial charge is 0.419 e. The zero-order valence-electron chi connectivity index (χ0n) is 12.3. The van der Waals surface area contributed by atoms with E-state index in [1.54, 1.807) is 12.1 Å². The maximum atomic E-state index is 13.7. The highest BCUT2D eigenvalue weighted by molar-refractivity contribution is 5.72. The van der Waals surface area contributed by atoms with E-state index >= 15 is 0 Å². The number of hydrogen-bond donors (Lipinski definition) is 0. The Kier molecular flexibility index (Phi) is 3.55. The largest absolute Gasteiger partial charge is 0.446 e. The van der Waals surface area contributed by atoms with Crippen molar-refractivity contribution in [2.75, 3.05) is 13.7 Å². The Morgan fingerprint density at radius 2 is 1.57 bits per heavy atom. The van der Waals surface area contributed by atoms with Crippen molar-refractivity contribution in [2.24, 2.45) is 0 Å². The van der Waals surface area contributed by atoms with Crippen molar-refractivity contribution in [1.82, 2.24) is 4.90 Å². The zero-order chi connectivity index (χ0) is 16.7. The second kappa shape index (κ2) is 5.30. The fourth-order valence-corrected chi connectivity index (χ4v) is 2.80. The summed E-state index contributed by atoms with van der Waals surface area (Å²) < 4.78 is 45.7. The van der Waals surface area contributed by atoms with E-state index in [1.165, 1.54) is 12.1 Å². The van der Waals surface area contributed by atoms with Crippen molar-refractivity contribution < 1.29 is 22.7 Å². The number of amides is 1. The average molecular weight is 321 g/mol. The number of rotatable bonds is 2. The van der Waals surface area contributed by atoms with Gasteiger partial charge in [-0.1, -0.05) is 54.6 Å². The van der Waals surface area contributed by atoms with Crippen molar-refractivity contribution in [1.29, 1.82) is 0 Å². The van der Waals surface area contributed by atoms with Crippen molar-refractivity contribution >= 4 is 6.09 Å². The van der Waals surface area contributed by atoms with Crippen LogP contribution in [-0.4, -0.2) is 30.8 Å². The molecule has 1 aliphatic rings. The molecule has 1 saturated heterocycles. The first-order valence-electron chi connectivity index (χ1n) is 6.99. The number of benzene rings is 2. The predicted molar refractivity (Wildman–Crippen MR) is 78.7 cm³/mol. The van der Waals surface area contributed by atoms with Crippen LogP contribution in [0.15, 0.2) is 54.6 Å². The summed E-state index contributed by atoms with van der Waals surface area (Å²) in [5.74, 6) is 0. The third-order valence-electron chi connectivity index (χ3n) is 4.19. The van der Waals surface area contributed by atoms with Gasteiger partial charge in [-0.25, -0.2) is 4.79 Å². The van der Waals surface area contributed by atoms with E-state index < -0.39 is 24.4 Å². The molecule has 1 heterocycles. The quantitative estimate of drug-likeness (QED) is 0.830. The van der Waals surface area contributed by atoms with E-state index in [2.05, 4.69) is 4.74 Å². The minimum absolute atomic E-state index is 0.0157. The van der Waals surface area contributed by atoms with Gasteiger partial charge >= 0.3 is 12.3 Å². The van der Waals surface area contributed by atoms with Crippen LogP contribution < -0.4 is 0 Å². The number of cyclic esters (lactones) is 1. The van der Waals surface area contributed by atoms with Crippen molar-refractivity contribution in [3.8, 4) is 11.1 Å². The minimum atomic E-state index is -4.64. The standard InChI is InChI=1S/C17H14F3NO2/c1-21-15(22)23-11-16(21,17(18,19)20)14-9-7-13(8-10-14)12-5-3-2-4-6-12/h2-10H,11H2,1H3. The van der Waals surface area contributed by atoms with Crippen molar-refractivity contribution in [3.63, 3.8) is 0 Å². The van der Waals surface area contributed by atoms with Crippen LogP contribution in [0.25, 0.3) is 11.1 Å². The molecule has 1 unspecified atom stereocenters. The average Bonchev–Trinajstić information content (AvgIpc) is 2.85. The molecular formula is C17H14F3NO2. The topological polar surface area (TPSA) is 29.5 Å². The summed E-state index contributed by atoms with van der Waals surface area (Å²) in [6.45, 7) is -0.740. The lowest BCUT2D eigenvalue weighted by Crippen LogP contribution is -2.53. The lowest BCUT2D eigenvalue weighted by atomic mass is 9.88. The third kappa shape index (κ3) is 2.34. The molecule has 0 aromatic heterocycles. The van der Waals surface area contributed by atoms with E-state index in [9.17, 15) is 18.0 Å². The van der Waals surface area contributed by atoms with Crippen LogP contribution in [0, 0.1) is 0 Å². The molecule has 120 valence electrons. The molecule has 1 aliphatic heterocycles. The van der Waals surface area contributed by atoms with Gasteiger partial charge in [0.2, 0.25) is 5.54 Å². The molecule has 3 rings (SSSR count). The fourth-order valence-electron chi connectivity index (χ4n) is 2.80. The molecule has 3 nitrogen and oxygen atoms in total. The van der Waals surface area contributed by atoms with Gasteiger partial charge in [0, 0.05) is 7.05 Å². The first-order valence-corrected chi connectivity index (χ1v) is 6.99. The van der Waals surface area contributed by atoms with Gasteiger partial charge in [0.05, 0.1) is 0 Å². The number of hydrogen-bond acceptors (Lipinski definition) is 2. The Morgan fingerprint density at radius 1 is 1.00 bits per heavy atom. The molecule has 0 saturated carbocycles. The normalized spacial score (nSPS) is 21.4. The van der Waals surface area contributed by atoms with E-state index in [0.29, 0.717) is 4.90 Å². The van der Waals surface area contributed by atoms with Crippen molar-refractivity contribution in [2.45, 2.75) is 11.7 Å². The van der Waals surface area contributed by atoms with E-state index in [-0.39, 0.29) is 5.56 Å². The lowest BCUT2D eigenvalue weighted by molar-refractivity contribution is -0.219. The van der Waals surface area contributed by atoms with Crippen LogP contribution in [-0.2, 0) is 10.3 Å². The predicted octanol–water partition coefficient (Wildman–Crippen LogP) is 4.19. The second-order valence-corrected chi connectivity index (χ2v) is 5.42. The van der Waals surface area contributed by atoms with Crippen LogP contribution >= 0.6 is 0 Å². The Bertz CT molecular complexity index is 713. The number of nitrogens with zero attached hydrogens (tertiary/aromatic N) is 1. The van der Waals surface area contributed by atoms with E-state index in [0.717, 1.165) is 18.2 Å². The van der Waals surface area contributed by atoms with E-state index in [1.807, 2.05) is 30.3 Å². The summed E-state index contributed by atoms with van der Waals surface area (Å²) in [6, 6.07) is 15.4. The molecular weight excluding hydrogens is 307 g/mol. The van der Waals surface area contributed by atoms with Crippen LogP contribution in [0.4, 0.5) is 18.0 Å². The molecule has 2 aromatic rings.